The van der Waals surface area contributed by atoms with E-state index in [1.165, 1.54) is 70.8 Å². The monoisotopic (exact) mass is 281 g/mol. The SMILES string of the molecule is CCCC(C)COC(C1CCCCC1)C1CCCCN1. The summed E-state index contributed by atoms with van der Waals surface area (Å²) in [5.74, 6) is 1.53. The summed E-state index contributed by atoms with van der Waals surface area (Å²) in [6.07, 6.45) is 14.2. The van der Waals surface area contributed by atoms with Gasteiger partial charge in [0.15, 0.2) is 0 Å². The highest BCUT2D eigenvalue weighted by Gasteiger charge is 2.32. The highest BCUT2D eigenvalue weighted by Crippen LogP contribution is 2.31. The third-order valence-corrected chi connectivity index (χ3v) is 5.21. The number of ether oxygens (including phenoxy) is 1. The van der Waals surface area contributed by atoms with Gasteiger partial charge < -0.3 is 10.1 Å². The highest BCUT2D eigenvalue weighted by atomic mass is 16.5. The molecule has 0 aromatic rings. The Balaban J connectivity index is 1.88. The fourth-order valence-corrected chi connectivity index (χ4v) is 4.05. The lowest BCUT2D eigenvalue weighted by Crippen LogP contribution is -2.48. The zero-order valence-electron chi connectivity index (χ0n) is 13.7. The second-order valence-electron chi connectivity index (χ2n) is 7.15. The minimum Gasteiger partial charge on any atom is -0.376 e. The molecule has 20 heavy (non-hydrogen) atoms. The summed E-state index contributed by atoms with van der Waals surface area (Å²) >= 11 is 0. The molecule has 0 aromatic carbocycles. The first-order chi connectivity index (χ1) is 9.81. The molecule has 1 heterocycles. The number of rotatable bonds is 7. The molecular weight excluding hydrogens is 246 g/mol. The molecule has 0 amide bonds. The summed E-state index contributed by atoms with van der Waals surface area (Å²) in [6, 6.07) is 0.626. The summed E-state index contributed by atoms with van der Waals surface area (Å²) in [6.45, 7) is 6.78. The van der Waals surface area contributed by atoms with Crippen molar-refractivity contribution < 1.29 is 4.74 Å². The maximum Gasteiger partial charge on any atom is 0.0756 e. The van der Waals surface area contributed by atoms with Crippen molar-refractivity contribution in [3.63, 3.8) is 0 Å². The molecule has 2 aliphatic rings. The first-order valence-electron chi connectivity index (χ1n) is 9.16. The maximum absolute atomic E-state index is 6.47. The van der Waals surface area contributed by atoms with Gasteiger partial charge in [0.1, 0.15) is 0 Å². The van der Waals surface area contributed by atoms with Crippen LogP contribution in [-0.2, 0) is 4.74 Å². The number of hydrogen-bond acceptors (Lipinski definition) is 2. The summed E-state index contributed by atoms with van der Waals surface area (Å²) in [7, 11) is 0. The summed E-state index contributed by atoms with van der Waals surface area (Å²) < 4.78 is 6.47. The Morgan fingerprint density at radius 3 is 2.45 bits per heavy atom. The predicted molar refractivity (Wildman–Crippen MR) is 86.0 cm³/mol. The zero-order valence-corrected chi connectivity index (χ0v) is 13.7. The third-order valence-electron chi connectivity index (χ3n) is 5.21. The number of nitrogens with one attached hydrogen (secondary N) is 1. The minimum atomic E-state index is 0.481. The molecule has 1 saturated carbocycles. The summed E-state index contributed by atoms with van der Waals surface area (Å²) in [5.41, 5.74) is 0. The van der Waals surface area contributed by atoms with Crippen molar-refractivity contribution >= 4 is 0 Å². The molecule has 0 spiro atoms. The first-order valence-corrected chi connectivity index (χ1v) is 9.16. The van der Waals surface area contributed by atoms with E-state index in [4.69, 9.17) is 4.74 Å². The Bertz CT molecular complexity index is 226. The van der Waals surface area contributed by atoms with Crippen LogP contribution < -0.4 is 5.32 Å². The van der Waals surface area contributed by atoms with Gasteiger partial charge in [0, 0.05) is 12.6 Å². The highest BCUT2D eigenvalue weighted by molar-refractivity contribution is 4.87. The van der Waals surface area contributed by atoms with E-state index in [0.29, 0.717) is 12.1 Å². The van der Waals surface area contributed by atoms with Crippen molar-refractivity contribution in [3.05, 3.63) is 0 Å². The molecule has 3 atom stereocenters. The topological polar surface area (TPSA) is 21.3 Å². The van der Waals surface area contributed by atoms with Crippen LogP contribution in [0.3, 0.4) is 0 Å². The normalized spacial score (nSPS) is 28.2. The van der Waals surface area contributed by atoms with E-state index >= 15 is 0 Å². The van der Waals surface area contributed by atoms with E-state index in [1.54, 1.807) is 0 Å². The molecule has 2 rings (SSSR count). The molecule has 1 N–H and O–H groups in total. The predicted octanol–water partition coefficient (Wildman–Crippen LogP) is 4.53. The molecule has 2 nitrogen and oxygen atoms in total. The average molecular weight is 281 g/mol. The third kappa shape index (κ3) is 5.04. The van der Waals surface area contributed by atoms with Gasteiger partial charge in [0.05, 0.1) is 6.10 Å². The summed E-state index contributed by atoms with van der Waals surface area (Å²) in [4.78, 5) is 0. The van der Waals surface area contributed by atoms with Crippen LogP contribution in [0, 0.1) is 11.8 Å². The largest absolute Gasteiger partial charge is 0.376 e. The quantitative estimate of drug-likeness (QED) is 0.740. The van der Waals surface area contributed by atoms with E-state index < -0.39 is 0 Å². The Morgan fingerprint density at radius 2 is 1.80 bits per heavy atom. The van der Waals surface area contributed by atoms with Crippen molar-refractivity contribution in [1.29, 1.82) is 0 Å². The van der Waals surface area contributed by atoms with Crippen LogP contribution in [0.15, 0.2) is 0 Å². The van der Waals surface area contributed by atoms with Crippen LogP contribution in [0.5, 0.6) is 0 Å². The van der Waals surface area contributed by atoms with Gasteiger partial charge in [-0.25, -0.2) is 0 Å². The van der Waals surface area contributed by atoms with Crippen LogP contribution in [0.4, 0.5) is 0 Å². The Kier molecular flexibility index (Phi) is 7.37. The zero-order chi connectivity index (χ0) is 14.2. The molecule has 2 fully saturated rings. The maximum atomic E-state index is 6.47. The fourth-order valence-electron chi connectivity index (χ4n) is 4.05. The van der Waals surface area contributed by atoms with Crippen molar-refractivity contribution in [2.24, 2.45) is 11.8 Å². The molecule has 1 saturated heterocycles. The fraction of sp³-hybridized carbons (Fsp3) is 1.00. The van der Waals surface area contributed by atoms with E-state index in [-0.39, 0.29) is 0 Å². The van der Waals surface area contributed by atoms with Crippen molar-refractivity contribution in [3.8, 4) is 0 Å². The van der Waals surface area contributed by atoms with Gasteiger partial charge in [-0.1, -0.05) is 46.0 Å². The lowest BCUT2D eigenvalue weighted by atomic mass is 9.80. The van der Waals surface area contributed by atoms with Gasteiger partial charge in [-0.2, -0.15) is 0 Å². The smallest absolute Gasteiger partial charge is 0.0756 e. The second-order valence-corrected chi connectivity index (χ2v) is 7.15. The van der Waals surface area contributed by atoms with Crippen molar-refractivity contribution in [2.75, 3.05) is 13.2 Å². The number of piperidine rings is 1. The van der Waals surface area contributed by atoms with E-state index in [0.717, 1.165) is 18.4 Å². The molecule has 0 bridgehead atoms. The first kappa shape index (κ1) is 16.3. The molecule has 3 unspecified atom stereocenters. The van der Waals surface area contributed by atoms with Crippen LogP contribution in [0.1, 0.15) is 78.1 Å². The van der Waals surface area contributed by atoms with Crippen LogP contribution in [0.2, 0.25) is 0 Å². The van der Waals surface area contributed by atoms with Crippen molar-refractivity contribution in [1.82, 2.24) is 5.32 Å². The van der Waals surface area contributed by atoms with Crippen LogP contribution in [-0.4, -0.2) is 25.3 Å². The van der Waals surface area contributed by atoms with Gasteiger partial charge in [-0.15, -0.1) is 0 Å². The van der Waals surface area contributed by atoms with E-state index in [1.807, 2.05) is 0 Å². The van der Waals surface area contributed by atoms with E-state index in [9.17, 15) is 0 Å². The van der Waals surface area contributed by atoms with Crippen LogP contribution in [0.25, 0.3) is 0 Å². The average Bonchev–Trinajstić information content (AvgIpc) is 2.50. The lowest BCUT2D eigenvalue weighted by Gasteiger charge is -2.38. The van der Waals surface area contributed by atoms with Gasteiger partial charge >= 0.3 is 0 Å². The Hall–Kier alpha value is -0.0800. The molecular formula is C18H35NO. The number of hydrogen-bond donors (Lipinski definition) is 1. The Labute approximate surface area is 126 Å². The molecule has 0 radical (unpaired) electrons. The molecule has 1 aliphatic carbocycles. The molecule has 1 aliphatic heterocycles. The van der Waals surface area contributed by atoms with Crippen LogP contribution >= 0.6 is 0 Å². The molecule has 0 aromatic heterocycles. The second kappa shape index (κ2) is 9.04. The van der Waals surface area contributed by atoms with Gasteiger partial charge in [0.2, 0.25) is 0 Å². The molecule has 118 valence electrons. The Morgan fingerprint density at radius 1 is 1.05 bits per heavy atom. The van der Waals surface area contributed by atoms with Gasteiger partial charge in [-0.3, -0.25) is 0 Å². The van der Waals surface area contributed by atoms with Crippen molar-refractivity contribution in [2.45, 2.75) is 90.2 Å². The minimum absolute atomic E-state index is 0.481. The van der Waals surface area contributed by atoms with Gasteiger partial charge in [-0.05, 0) is 50.5 Å². The molecule has 2 heteroatoms. The van der Waals surface area contributed by atoms with E-state index in [2.05, 4.69) is 19.2 Å². The standard InChI is InChI=1S/C18H35NO/c1-3-9-15(2)14-20-18(16-10-5-4-6-11-16)17-12-7-8-13-19-17/h15-19H,3-14H2,1-2H3. The lowest BCUT2D eigenvalue weighted by molar-refractivity contribution is -0.0419. The van der Waals surface area contributed by atoms with Gasteiger partial charge in [0.25, 0.3) is 0 Å². The summed E-state index contributed by atoms with van der Waals surface area (Å²) in [5, 5.41) is 3.75.